The number of methoxy groups -OCH3 is 1. The molecule has 2 aromatic heterocycles. The molecule has 1 aliphatic heterocycles. The molecule has 4 rings (SSSR count). The average molecular weight is 451 g/mol. The molecule has 0 saturated carbocycles. The molecule has 0 spiro atoms. The predicted molar refractivity (Wildman–Crippen MR) is 125 cm³/mol. The lowest BCUT2D eigenvalue weighted by molar-refractivity contribution is -0.00923. The van der Waals surface area contributed by atoms with Crippen LogP contribution < -0.4 is 10.1 Å². The van der Waals surface area contributed by atoms with Crippen LogP contribution in [0.2, 0.25) is 0 Å². The second-order valence-corrected chi connectivity index (χ2v) is 8.59. The maximum atomic E-state index is 12.9. The summed E-state index contributed by atoms with van der Waals surface area (Å²) < 4.78 is 12.5. The van der Waals surface area contributed by atoms with Gasteiger partial charge in [-0.2, -0.15) is 5.10 Å². The Hall–Kier alpha value is -3.30. The Morgan fingerprint density at radius 1 is 1.21 bits per heavy atom. The van der Waals surface area contributed by atoms with Crippen molar-refractivity contribution in [2.24, 2.45) is 0 Å². The first-order valence-corrected chi connectivity index (χ1v) is 11.0. The zero-order valence-corrected chi connectivity index (χ0v) is 19.5. The molecule has 1 amide bonds. The number of nitrogens with zero attached hydrogens (tertiary/aromatic N) is 5. The number of benzene rings is 1. The number of para-hydroxylation sites is 1. The first kappa shape index (κ1) is 22.9. The van der Waals surface area contributed by atoms with Gasteiger partial charge in [-0.15, -0.1) is 0 Å². The third-order valence-electron chi connectivity index (χ3n) is 6.02. The van der Waals surface area contributed by atoms with Gasteiger partial charge in [0.2, 0.25) is 0 Å². The fourth-order valence-electron chi connectivity index (χ4n) is 3.96. The minimum absolute atomic E-state index is 0.166. The number of amides is 1. The molecule has 0 atom stereocenters. The number of hydrogen-bond donors (Lipinski definition) is 1. The Kier molecular flexibility index (Phi) is 6.71. The number of carbonyl (C=O) groups is 1. The highest BCUT2D eigenvalue weighted by atomic mass is 16.5. The molecule has 1 aromatic carbocycles. The van der Waals surface area contributed by atoms with Crippen molar-refractivity contribution in [1.29, 1.82) is 0 Å². The van der Waals surface area contributed by atoms with E-state index in [0.29, 0.717) is 29.4 Å². The van der Waals surface area contributed by atoms with E-state index in [4.69, 9.17) is 9.47 Å². The van der Waals surface area contributed by atoms with E-state index in [-0.39, 0.29) is 11.4 Å². The topological polar surface area (TPSA) is 94.4 Å². The molecule has 1 fully saturated rings. The summed E-state index contributed by atoms with van der Waals surface area (Å²) in [5.41, 5.74) is 2.57. The summed E-state index contributed by atoms with van der Waals surface area (Å²) in [6, 6.07) is 9.49. The summed E-state index contributed by atoms with van der Waals surface area (Å²) in [6.07, 6.45) is 3.24. The molecule has 9 nitrogen and oxygen atoms in total. The molecule has 3 heterocycles. The molecule has 3 aromatic rings. The van der Waals surface area contributed by atoms with Crippen molar-refractivity contribution < 1.29 is 14.3 Å². The summed E-state index contributed by atoms with van der Waals surface area (Å²) in [7, 11) is 1.63. The van der Waals surface area contributed by atoms with Gasteiger partial charge < -0.3 is 14.8 Å². The summed E-state index contributed by atoms with van der Waals surface area (Å²) in [6.45, 7) is 9.79. The number of nitrogens with one attached hydrogen (secondary N) is 1. The number of rotatable bonds is 7. The van der Waals surface area contributed by atoms with E-state index in [0.717, 1.165) is 37.6 Å². The predicted octanol–water partition coefficient (Wildman–Crippen LogP) is 2.49. The Labute approximate surface area is 193 Å². The fraction of sp³-hybridized carbons (Fsp3) is 0.417. The molecular weight excluding hydrogens is 420 g/mol. The quantitative estimate of drug-likeness (QED) is 0.591. The molecular formula is C24H30N6O3. The number of ether oxygens (including phenoxy) is 2. The van der Waals surface area contributed by atoms with E-state index >= 15 is 0 Å². The van der Waals surface area contributed by atoms with Gasteiger partial charge in [0.05, 0.1) is 43.5 Å². The summed E-state index contributed by atoms with van der Waals surface area (Å²) in [4.78, 5) is 24.3. The van der Waals surface area contributed by atoms with Gasteiger partial charge in [0.1, 0.15) is 5.75 Å². The number of carbonyl (C=O) groups excluding carboxylic acids is 1. The van der Waals surface area contributed by atoms with E-state index in [2.05, 4.69) is 39.1 Å². The largest absolute Gasteiger partial charge is 0.496 e. The molecule has 0 aliphatic carbocycles. The lowest BCUT2D eigenvalue weighted by atomic mass is 10.0. The molecule has 9 heteroatoms. The van der Waals surface area contributed by atoms with Gasteiger partial charge in [0.15, 0.2) is 0 Å². The van der Waals surface area contributed by atoms with E-state index in [9.17, 15) is 4.79 Å². The smallest absolute Gasteiger partial charge is 0.254 e. The summed E-state index contributed by atoms with van der Waals surface area (Å²) in [5.74, 6) is 0.951. The van der Waals surface area contributed by atoms with Gasteiger partial charge in [0, 0.05) is 36.9 Å². The van der Waals surface area contributed by atoms with E-state index in [1.807, 2.05) is 37.3 Å². The third-order valence-corrected chi connectivity index (χ3v) is 6.02. The van der Waals surface area contributed by atoms with Crippen LogP contribution in [0.3, 0.4) is 0 Å². The van der Waals surface area contributed by atoms with E-state index in [1.54, 1.807) is 24.2 Å². The van der Waals surface area contributed by atoms with Crippen LogP contribution in [0.1, 0.15) is 29.9 Å². The first-order valence-electron chi connectivity index (χ1n) is 11.0. The zero-order valence-electron chi connectivity index (χ0n) is 19.5. The molecule has 0 bridgehead atoms. The van der Waals surface area contributed by atoms with Gasteiger partial charge >= 0.3 is 0 Å². The lowest BCUT2D eigenvalue weighted by Gasteiger charge is -2.40. The maximum absolute atomic E-state index is 12.9. The van der Waals surface area contributed by atoms with Crippen LogP contribution in [0, 0.1) is 6.92 Å². The molecule has 1 saturated heterocycles. The van der Waals surface area contributed by atoms with Gasteiger partial charge in [-0.05, 0) is 39.0 Å². The monoisotopic (exact) mass is 450 g/mol. The van der Waals surface area contributed by atoms with Crippen LogP contribution in [-0.2, 0) is 4.74 Å². The fourth-order valence-corrected chi connectivity index (χ4v) is 3.96. The Morgan fingerprint density at radius 2 is 1.97 bits per heavy atom. The zero-order chi connectivity index (χ0) is 23.4. The Morgan fingerprint density at radius 3 is 2.73 bits per heavy atom. The molecule has 0 radical (unpaired) electrons. The van der Waals surface area contributed by atoms with Gasteiger partial charge in [-0.25, -0.2) is 14.6 Å². The minimum atomic E-state index is -0.171. The van der Waals surface area contributed by atoms with Crippen molar-refractivity contribution in [3.8, 4) is 23.0 Å². The SMILES string of the molecule is COc1ccccc1-c1ccnc(-n2ncc(C(=O)NCC(C)(C)N3CCOCC3)c2C)n1. The third kappa shape index (κ3) is 4.89. The summed E-state index contributed by atoms with van der Waals surface area (Å²) >= 11 is 0. The first-order chi connectivity index (χ1) is 15.9. The van der Waals surface area contributed by atoms with E-state index in [1.165, 1.54) is 0 Å². The maximum Gasteiger partial charge on any atom is 0.254 e. The molecule has 0 unspecified atom stereocenters. The average Bonchev–Trinajstić information content (AvgIpc) is 3.24. The second-order valence-electron chi connectivity index (χ2n) is 8.59. The van der Waals surface area contributed by atoms with Gasteiger partial charge in [-0.1, -0.05) is 12.1 Å². The van der Waals surface area contributed by atoms with Crippen molar-refractivity contribution in [2.75, 3.05) is 40.0 Å². The molecule has 1 N–H and O–H groups in total. The van der Waals surface area contributed by atoms with Crippen LogP contribution in [0.5, 0.6) is 5.75 Å². The number of hydrogen-bond acceptors (Lipinski definition) is 7. The van der Waals surface area contributed by atoms with Crippen molar-refractivity contribution in [1.82, 2.24) is 30.0 Å². The van der Waals surface area contributed by atoms with Crippen molar-refractivity contribution in [3.05, 3.63) is 54.0 Å². The Bertz CT molecular complexity index is 1120. The molecule has 33 heavy (non-hydrogen) atoms. The van der Waals surface area contributed by atoms with Crippen molar-refractivity contribution in [2.45, 2.75) is 26.3 Å². The molecule has 174 valence electrons. The highest BCUT2D eigenvalue weighted by molar-refractivity contribution is 5.95. The highest BCUT2D eigenvalue weighted by Gasteiger charge is 2.29. The number of aromatic nitrogens is 4. The van der Waals surface area contributed by atoms with Crippen LogP contribution in [0.15, 0.2) is 42.7 Å². The van der Waals surface area contributed by atoms with Gasteiger partial charge in [0.25, 0.3) is 11.9 Å². The van der Waals surface area contributed by atoms with Gasteiger partial charge in [-0.3, -0.25) is 9.69 Å². The Balaban J connectivity index is 1.51. The van der Waals surface area contributed by atoms with Crippen molar-refractivity contribution >= 4 is 5.91 Å². The van der Waals surface area contributed by atoms with Crippen LogP contribution >= 0.6 is 0 Å². The molecule has 1 aliphatic rings. The normalized spacial score (nSPS) is 14.8. The standard InChI is InChI=1S/C24H30N6O3/c1-17-19(22(31)26-16-24(2,3)29-11-13-33-14-12-29)15-27-30(17)23-25-10-9-20(28-23)18-7-5-6-8-21(18)32-4/h5-10,15H,11-14,16H2,1-4H3,(H,26,31). The number of morpholine rings is 1. The second kappa shape index (κ2) is 9.68. The lowest BCUT2D eigenvalue weighted by Crippen LogP contribution is -2.55. The van der Waals surface area contributed by atoms with E-state index < -0.39 is 0 Å². The highest BCUT2D eigenvalue weighted by Crippen LogP contribution is 2.28. The summed E-state index contributed by atoms with van der Waals surface area (Å²) in [5, 5.41) is 7.45. The minimum Gasteiger partial charge on any atom is -0.496 e. The van der Waals surface area contributed by atoms with Crippen LogP contribution in [0.25, 0.3) is 17.2 Å². The van der Waals surface area contributed by atoms with Crippen molar-refractivity contribution in [3.63, 3.8) is 0 Å². The van der Waals surface area contributed by atoms with Crippen LogP contribution in [0.4, 0.5) is 0 Å². The van der Waals surface area contributed by atoms with Crippen LogP contribution in [-0.4, -0.2) is 76.1 Å².